The first-order valence-electron chi connectivity index (χ1n) is 11.1. The molecule has 11 heteroatoms. The first-order chi connectivity index (χ1) is 17.4. The molecule has 5 rings (SSSR count). The number of rotatable bonds is 7. The number of carbonyl (C=O) groups excluding carboxylic acids is 1. The molecule has 0 spiro atoms. The van der Waals surface area contributed by atoms with Gasteiger partial charge >= 0.3 is 0 Å². The largest absolute Gasteiger partial charge is 0.383 e. The molecule has 0 fully saturated rings. The Morgan fingerprint density at radius 2 is 1.78 bits per heavy atom. The molecule has 9 nitrogen and oxygen atoms in total. The first-order valence-corrected chi connectivity index (χ1v) is 11.1. The summed E-state index contributed by atoms with van der Waals surface area (Å²) in [5.41, 5.74) is 8.04. The van der Waals surface area contributed by atoms with Gasteiger partial charge in [0.25, 0.3) is 5.91 Å². The number of nitrogens with one attached hydrogen (secondary N) is 1. The number of anilines is 1. The Morgan fingerprint density at radius 3 is 2.50 bits per heavy atom. The predicted octanol–water partition coefficient (Wildman–Crippen LogP) is 3.22. The summed E-state index contributed by atoms with van der Waals surface area (Å²) in [7, 11) is 0. The summed E-state index contributed by atoms with van der Waals surface area (Å²) in [4.78, 5) is 20.9. The molecule has 2 aromatic carbocycles. The van der Waals surface area contributed by atoms with E-state index >= 15 is 0 Å². The number of hydrogen-bond acceptors (Lipinski definition) is 6. The van der Waals surface area contributed by atoms with Crippen LogP contribution in [0.25, 0.3) is 10.8 Å². The van der Waals surface area contributed by atoms with Crippen LogP contribution in [0.3, 0.4) is 0 Å². The van der Waals surface area contributed by atoms with E-state index in [0.717, 1.165) is 11.1 Å². The van der Waals surface area contributed by atoms with Gasteiger partial charge in [0.05, 0.1) is 25.5 Å². The summed E-state index contributed by atoms with van der Waals surface area (Å²) in [5, 5.41) is 11.8. The van der Waals surface area contributed by atoms with Crippen molar-refractivity contribution >= 4 is 22.5 Å². The number of fused-ring (bicyclic) bond motifs is 1. The lowest BCUT2D eigenvalue weighted by Gasteiger charge is -2.08. The van der Waals surface area contributed by atoms with E-state index in [-0.39, 0.29) is 24.0 Å². The molecule has 1 amide bonds. The maximum absolute atomic E-state index is 14.9. The zero-order valence-corrected chi connectivity index (χ0v) is 19.3. The van der Waals surface area contributed by atoms with Crippen molar-refractivity contribution in [2.75, 3.05) is 5.73 Å². The average Bonchev–Trinajstić information content (AvgIpc) is 3.45. The molecule has 3 heterocycles. The number of aromatic nitrogens is 6. The molecular formula is C25H22F2N8O. The number of carbonyl (C=O) groups is 1. The van der Waals surface area contributed by atoms with Gasteiger partial charge in [-0.05, 0) is 24.1 Å². The second-order valence-corrected chi connectivity index (χ2v) is 8.33. The number of amides is 1. The quantitative estimate of drug-likeness (QED) is 0.363. The molecule has 0 unspecified atom stereocenters. The summed E-state index contributed by atoms with van der Waals surface area (Å²) in [6.45, 7) is 2.60. The van der Waals surface area contributed by atoms with Gasteiger partial charge in [0.15, 0.2) is 5.82 Å². The fraction of sp³-hybridized carbons (Fsp3) is 0.160. The molecule has 0 aliphatic rings. The fourth-order valence-corrected chi connectivity index (χ4v) is 3.88. The van der Waals surface area contributed by atoms with Crippen molar-refractivity contribution in [2.24, 2.45) is 0 Å². The smallest absolute Gasteiger partial charge is 0.291 e. The minimum Gasteiger partial charge on any atom is -0.383 e. The molecule has 0 saturated heterocycles. The Balaban J connectivity index is 1.23. The van der Waals surface area contributed by atoms with E-state index in [1.54, 1.807) is 29.8 Å². The van der Waals surface area contributed by atoms with Crippen LogP contribution in [-0.2, 0) is 19.6 Å². The lowest BCUT2D eigenvalue weighted by molar-refractivity contribution is 0.0940. The van der Waals surface area contributed by atoms with Crippen LogP contribution in [-0.4, -0.2) is 35.4 Å². The number of nitrogens with two attached hydrogens (primary N) is 1. The van der Waals surface area contributed by atoms with E-state index in [9.17, 15) is 13.6 Å². The van der Waals surface area contributed by atoms with Gasteiger partial charge in [-0.3, -0.25) is 9.48 Å². The maximum Gasteiger partial charge on any atom is 0.291 e. The van der Waals surface area contributed by atoms with Crippen molar-refractivity contribution in [2.45, 2.75) is 26.6 Å². The van der Waals surface area contributed by atoms with Gasteiger partial charge in [-0.2, -0.15) is 5.10 Å². The van der Waals surface area contributed by atoms with Crippen molar-refractivity contribution in [3.8, 4) is 0 Å². The summed E-state index contributed by atoms with van der Waals surface area (Å²) in [6.07, 6.45) is 3.94. The van der Waals surface area contributed by atoms with Crippen molar-refractivity contribution in [1.82, 2.24) is 34.8 Å². The van der Waals surface area contributed by atoms with E-state index in [2.05, 4.69) is 25.5 Å². The number of nitrogens with zero attached hydrogens (tertiary/aromatic N) is 6. The van der Waals surface area contributed by atoms with Crippen LogP contribution in [0.5, 0.6) is 0 Å². The second-order valence-electron chi connectivity index (χ2n) is 8.33. The van der Waals surface area contributed by atoms with Crippen molar-refractivity contribution in [1.29, 1.82) is 0 Å². The molecule has 0 bridgehead atoms. The van der Waals surface area contributed by atoms with Crippen molar-refractivity contribution < 1.29 is 13.6 Å². The first kappa shape index (κ1) is 23.1. The molecular weight excluding hydrogens is 466 g/mol. The van der Waals surface area contributed by atoms with Crippen LogP contribution in [0, 0.1) is 18.6 Å². The minimum absolute atomic E-state index is 0.000490. The Kier molecular flexibility index (Phi) is 6.11. The standard InChI is InChI=1S/C25H22F2N8O/c1-15-32-24(25(36)30-10-18-6-7-21-20(22(18)27)8-9-29-23(21)28)33-35(15)13-17-4-2-16(3-5-17)12-34-14-19(26)11-31-34/h2-9,11,14H,10,12-13H2,1H3,(H2,28,29)(H,30,36). The maximum atomic E-state index is 14.9. The van der Waals surface area contributed by atoms with E-state index < -0.39 is 11.7 Å². The summed E-state index contributed by atoms with van der Waals surface area (Å²) >= 11 is 0. The highest BCUT2D eigenvalue weighted by atomic mass is 19.1. The van der Waals surface area contributed by atoms with Gasteiger partial charge in [-0.1, -0.05) is 36.4 Å². The van der Waals surface area contributed by atoms with Crippen LogP contribution < -0.4 is 11.1 Å². The molecule has 3 aromatic heterocycles. The third-order valence-corrected chi connectivity index (χ3v) is 5.79. The Morgan fingerprint density at radius 1 is 1.03 bits per heavy atom. The van der Waals surface area contributed by atoms with Crippen LogP contribution in [0.4, 0.5) is 14.6 Å². The zero-order valence-electron chi connectivity index (χ0n) is 19.3. The highest BCUT2D eigenvalue weighted by molar-refractivity contribution is 5.92. The van der Waals surface area contributed by atoms with Gasteiger partial charge in [-0.25, -0.2) is 23.4 Å². The monoisotopic (exact) mass is 488 g/mol. The van der Waals surface area contributed by atoms with Crippen molar-refractivity contribution in [3.63, 3.8) is 0 Å². The molecule has 3 N–H and O–H groups in total. The van der Waals surface area contributed by atoms with Crippen LogP contribution >= 0.6 is 0 Å². The third kappa shape index (κ3) is 4.76. The molecule has 0 radical (unpaired) electrons. The zero-order chi connectivity index (χ0) is 25.2. The van der Waals surface area contributed by atoms with Crippen LogP contribution in [0.1, 0.15) is 33.1 Å². The third-order valence-electron chi connectivity index (χ3n) is 5.79. The second kappa shape index (κ2) is 9.53. The number of aryl methyl sites for hydroxylation is 1. The summed E-state index contributed by atoms with van der Waals surface area (Å²) in [6, 6.07) is 12.5. The topological polar surface area (TPSA) is 117 Å². The average molecular weight is 489 g/mol. The number of nitrogen functional groups attached to an aromatic ring is 1. The van der Waals surface area contributed by atoms with Crippen LogP contribution in [0.15, 0.2) is 61.1 Å². The Hall–Kier alpha value is -4.67. The minimum atomic E-state index is -0.507. The lowest BCUT2D eigenvalue weighted by atomic mass is 10.1. The molecule has 0 atom stereocenters. The summed E-state index contributed by atoms with van der Waals surface area (Å²) < 4.78 is 31.1. The lowest BCUT2D eigenvalue weighted by Crippen LogP contribution is -2.24. The van der Waals surface area contributed by atoms with Gasteiger partial charge in [-0.15, -0.1) is 5.10 Å². The molecule has 0 saturated carbocycles. The highest BCUT2D eigenvalue weighted by Crippen LogP contribution is 2.24. The molecule has 36 heavy (non-hydrogen) atoms. The predicted molar refractivity (Wildman–Crippen MR) is 129 cm³/mol. The van der Waals surface area contributed by atoms with Gasteiger partial charge in [0, 0.05) is 29.1 Å². The number of hydrogen-bond donors (Lipinski definition) is 2. The fourth-order valence-electron chi connectivity index (χ4n) is 3.88. The van der Waals surface area contributed by atoms with Gasteiger partial charge < -0.3 is 11.1 Å². The van der Waals surface area contributed by atoms with Crippen LogP contribution in [0.2, 0.25) is 0 Å². The highest BCUT2D eigenvalue weighted by Gasteiger charge is 2.16. The van der Waals surface area contributed by atoms with Gasteiger partial charge in [0.1, 0.15) is 17.5 Å². The van der Waals surface area contributed by atoms with E-state index in [0.29, 0.717) is 35.2 Å². The normalized spacial score (nSPS) is 11.2. The summed E-state index contributed by atoms with van der Waals surface area (Å²) in [5.74, 6) is -0.533. The van der Waals surface area contributed by atoms with Crippen molar-refractivity contribution in [3.05, 3.63) is 101 Å². The Bertz CT molecular complexity index is 1560. The van der Waals surface area contributed by atoms with E-state index in [4.69, 9.17) is 5.73 Å². The number of benzene rings is 2. The number of pyridine rings is 1. The molecule has 182 valence electrons. The molecule has 5 aromatic rings. The number of halogens is 2. The van der Waals surface area contributed by atoms with Gasteiger partial charge in [0.2, 0.25) is 5.82 Å². The Labute approximate surface area is 204 Å². The molecule has 0 aliphatic heterocycles. The molecule has 0 aliphatic carbocycles. The van der Waals surface area contributed by atoms with E-state index in [1.807, 2.05) is 24.3 Å². The van der Waals surface area contributed by atoms with E-state index in [1.165, 1.54) is 23.3 Å². The SMILES string of the molecule is Cc1nc(C(=O)NCc2ccc3c(N)nccc3c2F)nn1Cc1ccc(Cn2cc(F)cn2)cc1.